The lowest BCUT2D eigenvalue weighted by Gasteiger charge is -2.02. The molecule has 2 rings (SSSR count). The number of nitrogens with zero attached hydrogens (tertiary/aromatic N) is 2. The molecule has 0 bridgehead atoms. The molecule has 6 heteroatoms. The van der Waals surface area contributed by atoms with E-state index in [0.717, 1.165) is 17.9 Å². The molecule has 6 nitrogen and oxygen atoms in total. The minimum atomic E-state index is -0.352. The third kappa shape index (κ3) is 3.23. The fraction of sp³-hybridized carbons (Fsp3) is 0.385. The van der Waals surface area contributed by atoms with Gasteiger partial charge in [-0.05, 0) is 19.1 Å². The summed E-state index contributed by atoms with van der Waals surface area (Å²) >= 11 is 0. The highest BCUT2D eigenvalue weighted by Gasteiger charge is 2.08. The van der Waals surface area contributed by atoms with Crippen LogP contribution in [-0.2, 0) is 24.9 Å². The summed E-state index contributed by atoms with van der Waals surface area (Å²) in [5.74, 6) is -0.352. The standard InChI is InChI=1S/C13H18N4O2/c1-9-10(8-17(2)16-9)6-14-7-11-4-5-12(15-11)13(18)19-3/h4-5,8,14-15H,6-7H2,1-3H3. The maximum atomic E-state index is 11.3. The highest BCUT2D eigenvalue weighted by molar-refractivity contribution is 5.87. The van der Waals surface area contributed by atoms with Gasteiger partial charge in [0.05, 0.1) is 12.8 Å². The molecular formula is C13H18N4O2. The van der Waals surface area contributed by atoms with Crippen LogP contribution in [0.1, 0.15) is 27.4 Å². The van der Waals surface area contributed by atoms with Crippen LogP contribution in [-0.4, -0.2) is 27.8 Å². The first kappa shape index (κ1) is 13.4. The molecule has 0 spiro atoms. The molecule has 19 heavy (non-hydrogen) atoms. The Labute approximate surface area is 111 Å². The number of esters is 1. The summed E-state index contributed by atoms with van der Waals surface area (Å²) in [4.78, 5) is 14.3. The van der Waals surface area contributed by atoms with Crippen LogP contribution >= 0.6 is 0 Å². The van der Waals surface area contributed by atoms with Crippen molar-refractivity contribution in [3.63, 3.8) is 0 Å². The van der Waals surface area contributed by atoms with Gasteiger partial charge in [-0.1, -0.05) is 0 Å². The van der Waals surface area contributed by atoms with Crippen molar-refractivity contribution >= 4 is 5.97 Å². The van der Waals surface area contributed by atoms with Gasteiger partial charge in [-0.15, -0.1) is 0 Å². The minimum absolute atomic E-state index is 0.352. The van der Waals surface area contributed by atoms with E-state index in [1.165, 1.54) is 12.7 Å². The molecule has 0 aliphatic rings. The van der Waals surface area contributed by atoms with Crippen molar-refractivity contribution in [2.45, 2.75) is 20.0 Å². The zero-order valence-electron chi connectivity index (χ0n) is 11.4. The van der Waals surface area contributed by atoms with Crippen LogP contribution in [0.4, 0.5) is 0 Å². The van der Waals surface area contributed by atoms with Crippen molar-refractivity contribution in [2.24, 2.45) is 7.05 Å². The average molecular weight is 262 g/mol. The first-order valence-electron chi connectivity index (χ1n) is 6.06. The second kappa shape index (κ2) is 5.71. The summed E-state index contributed by atoms with van der Waals surface area (Å²) in [6.45, 7) is 3.39. The molecule has 0 amide bonds. The Kier molecular flexibility index (Phi) is 4.01. The van der Waals surface area contributed by atoms with Crippen molar-refractivity contribution in [3.8, 4) is 0 Å². The Morgan fingerprint density at radius 3 is 2.89 bits per heavy atom. The minimum Gasteiger partial charge on any atom is -0.464 e. The summed E-state index contributed by atoms with van der Waals surface area (Å²) in [6, 6.07) is 3.59. The monoisotopic (exact) mass is 262 g/mol. The smallest absolute Gasteiger partial charge is 0.354 e. The van der Waals surface area contributed by atoms with Crippen LogP contribution in [0.15, 0.2) is 18.3 Å². The third-order valence-electron chi connectivity index (χ3n) is 2.90. The van der Waals surface area contributed by atoms with Crippen molar-refractivity contribution < 1.29 is 9.53 Å². The SMILES string of the molecule is COC(=O)c1ccc(CNCc2cn(C)nc2C)[nH]1. The number of methoxy groups -OCH3 is 1. The van der Waals surface area contributed by atoms with Gasteiger partial charge in [0, 0.05) is 37.6 Å². The lowest BCUT2D eigenvalue weighted by atomic mass is 10.2. The van der Waals surface area contributed by atoms with Crippen LogP contribution in [0.3, 0.4) is 0 Å². The van der Waals surface area contributed by atoms with E-state index >= 15 is 0 Å². The maximum Gasteiger partial charge on any atom is 0.354 e. The second-order valence-electron chi connectivity index (χ2n) is 4.41. The van der Waals surface area contributed by atoms with Crippen molar-refractivity contribution in [1.29, 1.82) is 0 Å². The number of aromatic amines is 1. The summed E-state index contributed by atoms with van der Waals surface area (Å²) in [5, 5.41) is 7.59. The summed E-state index contributed by atoms with van der Waals surface area (Å²) in [7, 11) is 3.27. The molecule has 0 saturated carbocycles. The molecule has 2 N–H and O–H groups in total. The molecule has 0 aliphatic heterocycles. The van der Waals surface area contributed by atoms with E-state index in [0.29, 0.717) is 12.2 Å². The van der Waals surface area contributed by atoms with Gasteiger partial charge < -0.3 is 15.0 Å². The number of carbonyl (C=O) groups is 1. The normalized spacial score (nSPS) is 10.7. The number of carbonyl (C=O) groups excluding carboxylic acids is 1. The fourth-order valence-corrected chi connectivity index (χ4v) is 1.93. The molecule has 2 aromatic heterocycles. The Morgan fingerprint density at radius 2 is 2.26 bits per heavy atom. The maximum absolute atomic E-state index is 11.3. The van der Waals surface area contributed by atoms with Crippen molar-refractivity contribution in [3.05, 3.63) is 41.0 Å². The lowest BCUT2D eigenvalue weighted by molar-refractivity contribution is 0.0594. The largest absolute Gasteiger partial charge is 0.464 e. The van der Waals surface area contributed by atoms with E-state index in [4.69, 9.17) is 0 Å². The Morgan fingerprint density at radius 1 is 1.47 bits per heavy atom. The molecule has 0 atom stereocenters. The van der Waals surface area contributed by atoms with Gasteiger partial charge in [-0.2, -0.15) is 5.10 Å². The third-order valence-corrected chi connectivity index (χ3v) is 2.90. The first-order valence-corrected chi connectivity index (χ1v) is 6.06. The topological polar surface area (TPSA) is 71.9 Å². The number of rotatable bonds is 5. The van der Waals surface area contributed by atoms with Gasteiger partial charge in [0.25, 0.3) is 0 Å². The number of H-pyrrole nitrogens is 1. The zero-order chi connectivity index (χ0) is 13.8. The molecule has 2 aromatic rings. The van der Waals surface area contributed by atoms with Gasteiger partial charge in [-0.25, -0.2) is 4.79 Å². The van der Waals surface area contributed by atoms with Crippen molar-refractivity contribution in [1.82, 2.24) is 20.1 Å². The molecular weight excluding hydrogens is 244 g/mol. The first-order chi connectivity index (χ1) is 9.10. The van der Waals surface area contributed by atoms with E-state index in [1.54, 1.807) is 10.7 Å². The van der Waals surface area contributed by atoms with Gasteiger partial charge in [0.1, 0.15) is 5.69 Å². The van der Waals surface area contributed by atoms with Gasteiger partial charge in [0.15, 0.2) is 0 Å². The van der Waals surface area contributed by atoms with Crippen LogP contribution in [0.5, 0.6) is 0 Å². The van der Waals surface area contributed by atoms with E-state index in [1.807, 2.05) is 26.2 Å². The summed E-state index contributed by atoms with van der Waals surface area (Å²) in [5.41, 5.74) is 3.61. The predicted molar refractivity (Wildman–Crippen MR) is 70.6 cm³/mol. The van der Waals surface area contributed by atoms with Gasteiger partial charge in [-0.3, -0.25) is 4.68 Å². The predicted octanol–water partition coefficient (Wildman–Crippen LogP) is 1.13. The van der Waals surface area contributed by atoms with E-state index in [-0.39, 0.29) is 5.97 Å². The lowest BCUT2D eigenvalue weighted by Crippen LogP contribution is -2.13. The molecule has 0 unspecified atom stereocenters. The molecule has 0 saturated heterocycles. The zero-order valence-corrected chi connectivity index (χ0v) is 11.4. The average Bonchev–Trinajstić information content (AvgIpc) is 2.96. The van der Waals surface area contributed by atoms with E-state index in [2.05, 4.69) is 20.1 Å². The molecule has 0 aliphatic carbocycles. The molecule has 0 fully saturated rings. The second-order valence-corrected chi connectivity index (χ2v) is 4.41. The van der Waals surface area contributed by atoms with Crippen LogP contribution in [0, 0.1) is 6.92 Å². The van der Waals surface area contributed by atoms with E-state index < -0.39 is 0 Å². The number of aryl methyl sites for hydroxylation is 2. The Balaban J connectivity index is 1.87. The quantitative estimate of drug-likeness (QED) is 0.792. The van der Waals surface area contributed by atoms with Crippen LogP contribution in [0.2, 0.25) is 0 Å². The number of aromatic nitrogens is 3. The van der Waals surface area contributed by atoms with Crippen LogP contribution < -0.4 is 5.32 Å². The Bertz CT molecular complexity index is 571. The molecule has 102 valence electrons. The van der Waals surface area contributed by atoms with E-state index in [9.17, 15) is 4.79 Å². The molecule has 0 radical (unpaired) electrons. The highest BCUT2D eigenvalue weighted by atomic mass is 16.5. The number of ether oxygens (including phenoxy) is 1. The van der Waals surface area contributed by atoms with Gasteiger partial charge >= 0.3 is 5.97 Å². The number of hydrogen-bond acceptors (Lipinski definition) is 4. The van der Waals surface area contributed by atoms with Crippen molar-refractivity contribution in [2.75, 3.05) is 7.11 Å². The number of hydrogen-bond donors (Lipinski definition) is 2. The van der Waals surface area contributed by atoms with Gasteiger partial charge in [0.2, 0.25) is 0 Å². The summed E-state index contributed by atoms with van der Waals surface area (Å²) in [6.07, 6.45) is 2.00. The Hall–Kier alpha value is -2.08. The fourth-order valence-electron chi connectivity index (χ4n) is 1.93. The summed E-state index contributed by atoms with van der Waals surface area (Å²) < 4.78 is 6.44. The number of nitrogens with one attached hydrogen (secondary N) is 2. The van der Waals surface area contributed by atoms with Crippen LogP contribution in [0.25, 0.3) is 0 Å². The highest BCUT2D eigenvalue weighted by Crippen LogP contribution is 2.06. The molecule has 2 heterocycles. The molecule has 0 aromatic carbocycles.